The average Bonchev–Trinajstić information content (AvgIpc) is 2.70. The summed E-state index contributed by atoms with van der Waals surface area (Å²) in [5, 5.41) is 7.08. The Balaban J connectivity index is 2.30. The third kappa shape index (κ3) is 4.05. The molecule has 1 amide bonds. The monoisotopic (exact) mass is 256 g/mol. The zero-order chi connectivity index (χ0) is 12.9. The Kier molecular flexibility index (Phi) is 5.02. The van der Waals surface area contributed by atoms with Crippen molar-refractivity contribution < 1.29 is 4.79 Å². The molecule has 0 saturated heterocycles. The van der Waals surface area contributed by atoms with Crippen LogP contribution < -0.4 is 11.1 Å². The number of hydrogen-bond acceptors (Lipinski definition) is 4. The lowest BCUT2D eigenvalue weighted by Crippen LogP contribution is -2.51. The smallest absolute Gasteiger partial charge is 0.237 e. The number of rotatable bonds is 7. The molecule has 0 radical (unpaired) electrons. The minimum atomic E-state index is -0.602. The molecule has 0 aromatic carbocycles. The van der Waals surface area contributed by atoms with Crippen molar-refractivity contribution >= 4 is 17.7 Å². The van der Waals surface area contributed by atoms with Gasteiger partial charge in [-0.25, -0.2) is 0 Å². The third-order valence-electron chi connectivity index (χ3n) is 2.87. The van der Waals surface area contributed by atoms with Crippen molar-refractivity contribution in [2.24, 2.45) is 12.8 Å². The summed E-state index contributed by atoms with van der Waals surface area (Å²) in [6, 6.07) is 0. The summed E-state index contributed by atoms with van der Waals surface area (Å²) in [6.45, 7) is 1.84. The largest absolute Gasteiger partial charge is 0.368 e. The number of hydrogen-bond donors (Lipinski definition) is 2. The van der Waals surface area contributed by atoms with Crippen LogP contribution in [0.4, 0.5) is 0 Å². The number of nitrogens with one attached hydrogen (secondary N) is 1. The van der Waals surface area contributed by atoms with E-state index in [1.54, 1.807) is 23.5 Å². The van der Waals surface area contributed by atoms with Crippen LogP contribution in [0.15, 0.2) is 17.3 Å². The fourth-order valence-corrected chi connectivity index (χ4v) is 2.33. The molecule has 0 fully saturated rings. The molecule has 6 heteroatoms. The van der Waals surface area contributed by atoms with Crippen LogP contribution in [0.3, 0.4) is 0 Å². The Morgan fingerprint density at radius 2 is 2.41 bits per heavy atom. The van der Waals surface area contributed by atoms with Gasteiger partial charge in [-0.05, 0) is 32.6 Å². The minimum Gasteiger partial charge on any atom is -0.368 e. The highest BCUT2D eigenvalue weighted by atomic mass is 32.2. The van der Waals surface area contributed by atoms with E-state index in [0.717, 1.165) is 23.5 Å². The molecule has 0 aliphatic heterocycles. The number of carbonyl (C=O) groups excluding carboxylic acids is 1. The molecule has 1 atom stereocenters. The van der Waals surface area contributed by atoms with Gasteiger partial charge in [-0.15, -0.1) is 11.8 Å². The standard InChI is InChI=1S/C11H20N4OS/c1-11(13-2,10(12)16)5-4-6-17-9-7-14-15(3)8-9/h7-8,13H,4-6H2,1-3H3,(H2,12,16). The van der Waals surface area contributed by atoms with E-state index in [2.05, 4.69) is 10.4 Å². The summed E-state index contributed by atoms with van der Waals surface area (Å²) >= 11 is 1.74. The number of thioether (sulfide) groups is 1. The van der Waals surface area contributed by atoms with Gasteiger partial charge in [-0.1, -0.05) is 0 Å². The van der Waals surface area contributed by atoms with Gasteiger partial charge in [0.25, 0.3) is 0 Å². The molecule has 0 spiro atoms. The topological polar surface area (TPSA) is 72.9 Å². The molecule has 96 valence electrons. The van der Waals surface area contributed by atoms with Crippen LogP contribution in [0.5, 0.6) is 0 Å². The number of aryl methyl sites for hydroxylation is 1. The van der Waals surface area contributed by atoms with Gasteiger partial charge >= 0.3 is 0 Å². The molecule has 0 saturated carbocycles. The van der Waals surface area contributed by atoms with E-state index in [0.29, 0.717) is 0 Å². The van der Waals surface area contributed by atoms with Crippen LogP contribution in [0.2, 0.25) is 0 Å². The Morgan fingerprint density at radius 1 is 1.71 bits per heavy atom. The highest BCUT2D eigenvalue weighted by molar-refractivity contribution is 7.99. The summed E-state index contributed by atoms with van der Waals surface area (Å²) in [5.41, 5.74) is 4.75. The van der Waals surface area contributed by atoms with Gasteiger partial charge in [0, 0.05) is 18.1 Å². The average molecular weight is 256 g/mol. The molecule has 0 aliphatic carbocycles. The van der Waals surface area contributed by atoms with Crippen LogP contribution in [-0.2, 0) is 11.8 Å². The lowest BCUT2D eigenvalue weighted by molar-refractivity contribution is -0.123. The van der Waals surface area contributed by atoms with Crippen molar-refractivity contribution in [1.82, 2.24) is 15.1 Å². The molecule has 0 aliphatic rings. The maximum atomic E-state index is 11.3. The Labute approximate surface area is 106 Å². The molecular weight excluding hydrogens is 236 g/mol. The summed E-state index contributed by atoms with van der Waals surface area (Å²) in [5.74, 6) is 0.655. The first-order chi connectivity index (χ1) is 7.98. The van der Waals surface area contributed by atoms with Crippen LogP contribution in [-0.4, -0.2) is 34.0 Å². The first kappa shape index (κ1) is 14.1. The fraction of sp³-hybridized carbons (Fsp3) is 0.636. The second kappa shape index (κ2) is 6.07. The van der Waals surface area contributed by atoms with Crippen LogP contribution >= 0.6 is 11.8 Å². The number of primary amides is 1. The van der Waals surface area contributed by atoms with E-state index in [1.165, 1.54) is 0 Å². The van der Waals surface area contributed by atoms with Crippen molar-refractivity contribution in [3.05, 3.63) is 12.4 Å². The minimum absolute atomic E-state index is 0.300. The van der Waals surface area contributed by atoms with Gasteiger partial charge in [-0.3, -0.25) is 9.48 Å². The third-order valence-corrected chi connectivity index (χ3v) is 3.90. The van der Waals surface area contributed by atoms with Gasteiger partial charge in [0.15, 0.2) is 0 Å². The highest BCUT2D eigenvalue weighted by Gasteiger charge is 2.27. The number of carbonyl (C=O) groups is 1. The van der Waals surface area contributed by atoms with Crippen molar-refractivity contribution in [3.63, 3.8) is 0 Å². The Bertz CT molecular complexity index is 379. The normalized spacial score (nSPS) is 14.5. The van der Waals surface area contributed by atoms with Gasteiger partial charge in [0.05, 0.1) is 11.7 Å². The Morgan fingerprint density at radius 3 is 2.88 bits per heavy atom. The van der Waals surface area contributed by atoms with Gasteiger partial charge in [-0.2, -0.15) is 5.10 Å². The Hall–Kier alpha value is -1.01. The molecule has 1 rings (SSSR count). The van der Waals surface area contributed by atoms with E-state index in [9.17, 15) is 4.79 Å². The van der Waals surface area contributed by atoms with Crippen LogP contribution in [0.25, 0.3) is 0 Å². The van der Waals surface area contributed by atoms with Gasteiger partial charge in [0.1, 0.15) is 0 Å². The first-order valence-electron chi connectivity index (χ1n) is 5.58. The summed E-state index contributed by atoms with van der Waals surface area (Å²) in [6.07, 6.45) is 5.50. The zero-order valence-electron chi connectivity index (χ0n) is 10.6. The molecule has 1 aromatic heterocycles. The predicted octanol–water partition coefficient (Wildman–Crippen LogP) is 0.756. The molecule has 3 N–H and O–H groups in total. The molecule has 1 aromatic rings. The maximum Gasteiger partial charge on any atom is 0.237 e. The quantitative estimate of drug-likeness (QED) is 0.558. The maximum absolute atomic E-state index is 11.3. The second-order valence-corrected chi connectivity index (χ2v) is 5.42. The first-order valence-corrected chi connectivity index (χ1v) is 6.57. The zero-order valence-corrected chi connectivity index (χ0v) is 11.4. The summed E-state index contributed by atoms with van der Waals surface area (Å²) in [7, 11) is 3.66. The van der Waals surface area contributed by atoms with Crippen molar-refractivity contribution in [2.75, 3.05) is 12.8 Å². The van der Waals surface area contributed by atoms with Crippen molar-refractivity contribution in [2.45, 2.75) is 30.2 Å². The highest BCUT2D eigenvalue weighted by Crippen LogP contribution is 2.20. The SMILES string of the molecule is CNC(C)(CCCSc1cnn(C)c1)C(N)=O. The lowest BCUT2D eigenvalue weighted by Gasteiger charge is -2.25. The number of likely N-dealkylation sites (N-methyl/N-ethyl adjacent to an activating group) is 1. The number of aromatic nitrogens is 2. The van der Waals surface area contributed by atoms with E-state index >= 15 is 0 Å². The van der Waals surface area contributed by atoms with Crippen LogP contribution in [0, 0.1) is 0 Å². The van der Waals surface area contributed by atoms with Gasteiger partial charge < -0.3 is 11.1 Å². The van der Waals surface area contributed by atoms with Crippen molar-refractivity contribution in [1.29, 1.82) is 0 Å². The van der Waals surface area contributed by atoms with E-state index in [-0.39, 0.29) is 5.91 Å². The molecular formula is C11H20N4OS. The van der Waals surface area contributed by atoms with E-state index < -0.39 is 5.54 Å². The predicted molar refractivity (Wildman–Crippen MR) is 69.8 cm³/mol. The number of amides is 1. The second-order valence-electron chi connectivity index (χ2n) is 4.25. The van der Waals surface area contributed by atoms with Gasteiger partial charge in [0.2, 0.25) is 5.91 Å². The lowest BCUT2D eigenvalue weighted by atomic mass is 9.96. The summed E-state index contributed by atoms with van der Waals surface area (Å²) < 4.78 is 1.78. The summed E-state index contributed by atoms with van der Waals surface area (Å²) in [4.78, 5) is 12.4. The number of nitrogens with two attached hydrogens (primary N) is 1. The molecule has 0 bridgehead atoms. The fourth-order valence-electron chi connectivity index (χ4n) is 1.46. The van der Waals surface area contributed by atoms with Crippen molar-refractivity contribution in [3.8, 4) is 0 Å². The molecule has 1 heterocycles. The van der Waals surface area contributed by atoms with E-state index in [1.807, 2.05) is 26.4 Å². The van der Waals surface area contributed by atoms with E-state index in [4.69, 9.17) is 5.73 Å². The molecule has 5 nitrogen and oxygen atoms in total. The molecule has 17 heavy (non-hydrogen) atoms. The number of nitrogens with zero attached hydrogens (tertiary/aromatic N) is 2. The van der Waals surface area contributed by atoms with Crippen LogP contribution in [0.1, 0.15) is 19.8 Å². The molecule has 1 unspecified atom stereocenters.